The minimum atomic E-state index is -0.300. The molecule has 1 aliphatic heterocycles. The van der Waals surface area contributed by atoms with Crippen molar-refractivity contribution in [2.24, 2.45) is 0 Å². The van der Waals surface area contributed by atoms with Crippen molar-refractivity contribution in [3.63, 3.8) is 0 Å². The Hall–Kier alpha value is -1.36. The van der Waals surface area contributed by atoms with Crippen LogP contribution < -0.4 is 5.32 Å². The number of rotatable bonds is 4. The number of benzene rings is 2. The van der Waals surface area contributed by atoms with Crippen molar-refractivity contribution in [3.05, 3.63) is 64.6 Å². The number of hydrogen-bond donors (Lipinski definition) is 2. The van der Waals surface area contributed by atoms with Gasteiger partial charge in [-0.1, -0.05) is 52.3 Å². The molecular formula is C18H21BrN2O. The van der Waals surface area contributed by atoms with E-state index in [0.29, 0.717) is 0 Å². The number of likely N-dealkylation sites (tertiary alicyclic amines) is 1. The molecule has 2 aromatic rings. The van der Waals surface area contributed by atoms with Gasteiger partial charge in [-0.05, 0) is 30.2 Å². The summed E-state index contributed by atoms with van der Waals surface area (Å²) in [5, 5.41) is 13.7. The summed E-state index contributed by atoms with van der Waals surface area (Å²) < 4.78 is 1.05. The van der Waals surface area contributed by atoms with Crippen LogP contribution >= 0.6 is 15.9 Å². The molecule has 1 heterocycles. The molecule has 2 atom stereocenters. The number of nitrogens with zero attached hydrogens (tertiary/aromatic N) is 1. The average Bonchev–Trinajstić information content (AvgIpc) is 2.52. The van der Waals surface area contributed by atoms with Crippen LogP contribution in [0.25, 0.3) is 0 Å². The minimum Gasteiger partial charge on any atom is -0.391 e. The summed E-state index contributed by atoms with van der Waals surface area (Å²) in [5.74, 6) is 0. The Balaban J connectivity index is 1.63. The van der Waals surface area contributed by atoms with Gasteiger partial charge < -0.3 is 10.4 Å². The number of nitrogens with one attached hydrogen (secondary N) is 1. The van der Waals surface area contributed by atoms with Gasteiger partial charge in [0.25, 0.3) is 0 Å². The van der Waals surface area contributed by atoms with Gasteiger partial charge in [0, 0.05) is 29.8 Å². The van der Waals surface area contributed by atoms with Crippen molar-refractivity contribution in [1.29, 1.82) is 0 Å². The van der Waals surface area contributed by atoms with Gasteiger partial charge in [-0.3, -0.25) is 4.90 Å². The topological polar surface area (TPSA) is 35.5 Å². The van der Waals surface area contributed by atoms with Gasteiger partial charge in [0.2, 0.25) is 0 Å². The second-order valence-electron chi connectivity index (χ2n) is 5.84. The van der Waals surface area contributed by atoms with E-state index in [4.69, 9.17) is 0 Å². The van der Waals surface area contributed by atoms with Gasteiger partial charge in [0.05, 0.1) is 12.1 Å². The molecule has 3 rings (SSSR count). The first-order valence-electron chi connectivity index (χ1n) is 7.67. The van der Waals surface area contributed by atoms with Gasteiger partial charge in [-0.15, -0.1) is 0 Å². The van der Waals surface area contributed by atoms with Crippen LogP contribution in [0, 0.1) is 0 Å². The molecule has 2 N–H and O–H groups in total. The lowest BCUT2D eigenvalue weighted by molar-refractivity contribution is 0.0666. The summed E-state index contributed by atoms with van der Waals surface area (Å²) in [6.45, 7) is 2.72. The van der Waals surface area contributed by atoms with Gasteiger partial charge in [0.15, 0.2) is 0 Å². The highest BCUT2D eigenvalue weighted by Crippen LogP contribution is 2.21. The fourth-order valence-electron chi connectivity index (χ4n) is 2.93. The zero-order chi connectivity index (χ0) is 15.4. The number of piperidine rings is 1. The van der Waals surface area contributed by atoms with Gasteiger partial charge in [-0.25, -0.2) is 0 Å². The maximum absolute atomic E-state index is 10.3. The predicted octanol–water partition coefficient (Wildman–Crippen LogP) is 3.50. The van der Waals surface area contributed by atoms with Crippen molar-refractivity contribution < 1.29 is 5.11 Å². The number of anilines is 1. The van der Waals surface area contributed by atoms with E-state index < -0.39 is 0 Å². The normalized spacial score (nSPS) is 22.5. The van der Waals surface area contributed by atoms with Crippen LogP contribution in [0.3, 0.4) is 0 Å². The molecule has 0 bridgehead atoms. The van der Waals surface area contributed by atoms with Crippen molar-refractivity contribution in [3.8, 4) is 0 Å². The van der Waals surface area contributed by atoms with Crippen LogP contribution in [-0.4, -0.2) is 35.2 Å². The Labute approximate surface area is 140 Å². The first kappa shape index (κ1) is 15.5. The lowest BCUT2D eigenvalue weighted by Gasteiger charge is -2.37. The highest BCUT2D eigenvalue weighted by Gasteiger charge is 2.27. The molecule has 1 saturated heterocycles. The third-order valence-corrected chi connectivity index (χ3v) is 4.58. The van der Waals surface area contributed by atoms with Crippen LogP contribution in [0.5, 0.6) is 0 Å². The second kappa shape index (κ2) is 7.27. The third kappa shape index (κ3) is 4.09. The van der Waals surface area contributed by atoms with E-state index in [0.717, 1.165) is 36.2 Å². The first-order chi connectivity index (χ1) is 10.7. The quantitative estimate of drug-likeness (QED) is 0.875. The van der Waals surface area contributed by atoms with E-state index in [1.54, 1.807) is 0 Å². The van der Waals surface area contributed by atoms with Crippen LogP contribution in [0.2, 0.25) is 0 Å². The summed E-state index contributed by atoms with van der Waals surface area (Å²) in [4.78, 5) is 2.40. The number of hydrogen-bond acceptors (Lipinski definition) is 3. The standard InChI is InChI=1S/C18H21BrN2O/c19-15-7-4-8-16(11-15)20-17-13-21(10-9-18(17)22)12-14-5-2-1-3-6-14/h1-8,11,17-18,20,22H,9-10,12-13H2/t17-,18-/m1/s1. The van der Waals surface area contributed by atoms with Crippen molar-refractivity contribution in [2.75, 3.05) is 18.4 Å². The van der Waals surface area contributed by atoms with E-state index >= 15 is 0 Å². The van der Waals surface area contributed by atoms with Crippen LogP contribution in [-0.2, 0) is 6.54 Å². The van der Waals surface area contributed by atoms with Crippen molar-refractivity contribution in [2.45, 2.75) is 25.1 Å². The smallest absolute Gasteiger partial charge is 0.0765 e. The number of aliphatic hydroxyl groups is 1. The molecule has 22 heavy (non-hydrogen) atoms. The molecule has 116 valence electrons. The highest BCUT2D eigenvalue weighted by molar-refractivity contribution is 9.10. The highest BCUT2D eigenvalue weighted by atomic mass is 79.9. The zero-order valence-corrected chi connectivity index (χ0v) is 14.0. The Morgan fingerprint density at radius 1 is 1.14 bits per heavy atom. The Kier molecular flexibility index (Phi) is 5.13. The molecule has 0 aliphatic carbocycles. The Morgan fingerprint density at radius 3 is 2.73 bits per heavy atom. The van der Waals surface area contributed by atoms with Gasteiger partial charge >= 0.3 is 0 Å². The molecule has 0 spiro atoms. The fraction of sp³-hybridized carbons (Fsp3) is 0.333. The monoisotopic (exact) mass is 360 g/mol. The number of aliphatic hydroxyl groups excluding tert-OH is 1. The summed E-state index contributed by atoms with van der Waals surface area (Å²) in [7, 11) is 0. The predicted molar refractivity (Wildman–Crippen MR) is 93.9 cm³/mol. The lowest BCUT2D eigenvalue weighted by atomic mass is 10.0. The molecule has 2 aromatic carbocycles. The summed E-state index contributed by atoms with van der Waals surface area (Å²) in [6.07, 6.45) is 0.504. The van der Waals surface area contributed by atoms with Crippen LogP contribution in [0.1, 0.15) is 12.0 Å². The molecule has 1 aliphatic rings. The third-order valence-electron chi connectivity index (χ3n) is 4.09. The van der Waals surface area contributed by atoms with Crippen LogP contribution in [0.15, 0.2) is 59.1 Å². The molecule has 0 saturated carbocycles. The van der Waals surface area contributed by atoms with Crippen molar-refractivity contribution >= 4 is 21.6 Å². The van der Waals surface area contributed by atoms with Gasteiger partial charge in [0.1, 0.15) is 0 Å². The molecule has 0 unspecified atom stereocenters. The molecule has 0 aromatic heterocycles. The first-order valence-corrected chi connectivity index (χ1v) is 8.46. The van der Waals surface area contributed by atoms with E-state index in [1.165, 1.54) is 5.56 Å². The maximum atomic E-state index is 10.3. The molecule has 4 heteroatoms. The Morgan fingerprint density at radius 2 is 1.95 bits per heavy atom. The second-order valence-corrected chi connectivity index (χ2v) is 6.75. The largest absolute Gasteiger partial charge is 0.391 e. The van der Waals surface area contributed by atoms with E-state index in [2.05, 4.69) is 50.4 Å². The average molecular weight is 361 g/mol. The maximum Gasteiger partial charge on any atom is 0.0765 e. The molecule has 3 nitrogen and oxygen atoms in total. The fourth-order valence-corrected chi connectivity index (χ4v) is 3.33. The van der Waals surface area contributed by atoms with E-state index in [9.17, 15) is 5.11 Å². The molecule has 0 amide bonds. The Bertz CT molecular complexity index is 605. The summed E-state index contributed by atoms with van der Waals surface area (Å²) >= 11 is 3.49. The number of halogens is 1. The lowest BCUT2D eigenvalue weighted by Crippen LogP contribution is -2.50. The molecule has 1 fully saturated rings. The van der Waals surface area contributed by atoms with Crippen LogP contribution in [0.4, 0.5) is 5.69 Å². The van der Waals surface area contributed by atoms with Gasteiger partial charge in [-0.2, -0.15) is 0 Å². The summed E-state index contributed by atoms with van der Waals surface area (Å²) in [6, 6.07) is 18.7. The zero-order valence-electron chi connectivity index (χ0n) is 12.5. The summed E-state index contributed by atoms with van der Waals surface area (Å²) in [5.41, 5.74) is 2.36. The van der Waals surface area contributed by atoms with Crippen molar-refractivity contribution in [1.82, 2.24) is 4.90 Å². The SMILES string of the molecule is O[C@@H]1CCN(Cc2ccccc2)C[C@H]1Nc1cccc(Br)c1. The van der Waals surface area contributed by atoms with E-state index in [1.807, 2.05) is 30.3 Å². The molecular weight excluding hydrogens is 340 g/mol. The minimum absolute atomic E-state index is 0.0618. The molecule has 0 radical (unpaired) electrons. The van der Waals surface area contributed by atoms with E-state index in [-0.39, 0.29) is 12.1 Å².